The molecule has 1 unspecified atom stereocenters. The molecule has 0 radical (unpaired) electrons. The zero-order valence-corrected chi connectivity index (χ0v) is 17.7. The molecule has 4 rings (SSSR count). The number of piperazine rings is 1. The molecule has 2 atom stereocenters. The van der Waals surface area contributed by atoms with Crippen LogP contribution in [-0.2, 0) is 17.9 Å². The van der Waals surface area contributed by atoms with Gasteiger partial charge in [0.25, 0.3) is 0 Å². The van der Waals surface area contributed by atoms with Crippen LogP contribution in [0.4, 0.5) is 4.79 Å². The minimum Gasteiger partial charge on any atom is -0.445 e. The number of hydrogen-bond donors (Lipinski definition) is 1. The van der Waals surface area contributed by atoms with Gasteiger partial charge < -0.3 is 14.7 Å². The zero-order valence-electron chi connectivity index (χ0n) is 17.0. The van der Waals surface area contributed by atoms with Crippen molar-refractivity contribution in [2.45, 2.75) is 25.3 Å². The van der Waals surface area contributed by atoms with E-state index in [2.05, 4.69) is 21.9 Å². The fraction of sp³-hybridized carbons (Fsp3) is 0.435. The Labute approximate surface area is 182 Å². The molecule has 30 heavy (non-hydrogen) atoms. The average molecular weight is 430 g/mol. The molecule has 2 aromatic carbocycles. The van der Waals surface area contributed by atoms with E-state index in [4.69, 9.17) is 16.3 Å². The highest BCUT2D eigenvalue weighted by atomic mass is 35.5. The number of halogens is 1. The predicted molar refractivity (Wildman–Crippen MR) is 116 cm³/mol. The van der Waals surface area contributed by atoms with E-state index >= 15 is 0 Å². The number of carbonyl (C=O) groups is 1. The van der Waals surface area contributed by atoms with Crippen LogP contribution in [0.15, 0.2) is 54.6 Å². The molecule has 1 N–H and O–H groups in total. The highest BCUT2D eigenvalue weighted by Crippen LogP contribution is 2.20. The average Bonchev–Trinajstić information content (AvgIpc) is 3.17. The van der Waals surface area contributed by atoms with E-state index in [1.807, 2.05) is 42.5 Å². The summed E-state index contributed by atoms with van der Waals surface area (Å²) in [5.41, 5.74) is 2.21. The fourth-order valence-corrected chi connectivity index (χ4v) is 4.32. The molecule has 1 amide bonds. The molecule has 2 aliphatic rings. The van der Waals surface area contributed by atoms with Crippen LogP contribution in [0.25, 0.3) is 0 Å². The highest BCUT2D eigenvalue weighted by Gasteiger charge is 2.39. The van der Waals surface area contributed by atoms with Gasteiger partial charge in [0, 0.05) is 44.3 Å². The number of hydrogen-bond acceptors (Lipinski definition) is 5. The van der Waals surface area contributed by atoms with Gasteiger partial charge in [0.2, 0.25) is 0 Å². The molecule has 2 aliphatic heterocycles. The Morgan fingerprint density at radius 2 is 1.67 bits per heavy atom. The first-order valence-corrected chi connectivity index (χ1v) is 10.8. The molecule has 2 saturated heterocycles. The Hall–Kier alpha value is -2.12. The number of ether oxygens (including phenoxy) is 1. The molecule has 0 bridgehead atoms. The van der Waals surface area contributed by atoms with Crippen LogP contribution in [0.3, 0.4) is 0 Å². The van der Waals surface area contributed by atoms with Gasteiger partial charge in [0.15, 0.2) is 0 Å². The molecule has 2 heterocycles. The van der Waals surface area contributed by atoms with Gasteiger partial charge >= 0.3 is 6.09 Å². The van der Waals surface area contributed by atoms with Gasteiger partial charge in [-0.25, -0.2) is 4.79 Å². The summed E-state index contributed by atoms with van der Waals surface area (Å²) in [5, 5.41) is 11.3. The summed E-state index contributed by atoms with van der Waals surface area (Å²) in [4.78, 5) is 18.8. The van der Waals surface area contributed by atoms with Crippen molar-refractivity contribution < 1.29 is 14.6 Å². The zero-order chi connectivity index (χ0) is 20.9. The van der Waals surface area contributed by atoms with Crippen LogP contribution in [0.5, 0.6) is 0 Å². The van der Waals surface area contributed by atoms with E-state index in [9.17, 15) is 9.90 Å². The third-order valence-corrected chi connectivity index (χ3v) is 6.17. The minimum atomic E-state index is -0.544. The van der Waals surface area contributed by atoms with E-state index in [0.29, 0.717) is 13.1 Å². The fourth-order valence-electron chi connectivity index (χ4n) is 4.19. The first-order valence-electron chi connectivity index (χ1n) is 10.4. The largest absolute Gasteiger partial charge is 0.445 e. The van der Waals surface area contributed by atoms with Crippen LogP contribution in [-0.4, -0.2) is 77.3 Å². The number of benzene rings is 2. The van der Waals surface area contributed by atoms with Gasteiger partial charge in [-0.05, 0) is 23.3 Å². The van der Waals surface area contributed by atoms with E-state index in [1.165, 1.54) is 5.56 Å². The van der Waals surface area contributed by atoms with Crippen LogP contribution in [0.2, 0.25) is 5.02 Å². The van der Waals surface area contributed by atoms with Crippen molar-refractivity contribution in [1.29, 1.82) is 0 Å². The molecule has 0 saturated carbocycles. The Kier molecular flexibility index (Phi) is 6.89. The molecule has 2 fully saturated rings. The normalized spacial score (nSPS) is 22.9. The summed E-state index contributed by atoms with van der Waals surface area (Å²) in [7, 11) is 0. The molecule has 0 aromatic heterocycles. The number of β-amino-alcohol motifs (C(OH)–C–C–N with tert-alkyl or cyclic N) is 1. The second kappa shape index (κ2) is 9.79. The quantitative estimate of drug-likeness (QED) is 0.792. The van der Waals surface area contributed by atoms with E-state index in [1.54, 1.807) is 4.90 Å². The van der Waals surface area contributed by atoms with Crippen molar-refractivity contribution in [3.8, 4) is 0 Å². The Morgan fingerprint density at radius 3 is 2.37 bits per heavy atom. The first kappa shape index (κ1) is 21.1. The summed E-state index contributed by atoms with van der Waals surface area (Å²) in [6.45, 7) is 5.60. The first-order chi connectivity index (χ1) is 14.6. The Morgan fingerprint density at radius 1 is 0.967 bits per heavy atom. The Bertz CT molecular complexity index is 825. The van der Waals surface area contributed by atoms with Crippen LogP contribution in [0.1, 0.15) is 11.1 Å². The smallest absolute Gasteiger partial charge is 0.410 e. The van der Waals surface area contributed by atoms with Gasteiger partial charge in [-0.2, -0.15) is 0 Å². The second-order valence-electron chi connectivity index (χ2n) is 8.02. The maximum atomic E-state index is 12.4. The summed E-state index contributed by atoms with van der Waals surface area (Å²) < 4.78 is 5.43. The maximum Gasteiger partial charge on any atom is 0.410 e. The second-order valence-corrected chi connectivity index (χ2v) is 8.45. The van der Waals surface area contributed by atoms with Crippen molar-refractivity contribution in [3.05, 3.63) is 70.7 Å². The third-order valence-electron chi connectivity index (χ3n) is 5.92. The lowest BCUT2D eigenvalue weighted by Crippen LogP contribution is -2.53. The lowest BCUT2D eigenvalue weighted by atomic mass is 10.1. The monoisotopic (exact) mass is 429 g/mol. The van der Waals surface area contributed by atoms with Gasteiger partial charge in [0.1, 0.15) is 6.61 Å². The van der Waals surface area contributed by atoms with Crippen molar-refractivity contribution in [2.75, 3.05) is 39.3 Å². The molecule has 0 spiro atoms. The highest BCUT2D eigenvalue weighted by molar-refractivity contribution is 6.30. The standard InChI is InChI=1S/C23H28ClN3O3/c24-20-8-6-18(7-9-20)14-25-10-12-26(13-11-25)21-15-27(16-22(21)28)23(29)30-17-19-4-2-1-3-5-19/h1-9,21-22,28H,10-17H2/t21?,22-/m1/s1. The molecule has 6 nitrogen and oxygen atoms in total. The van der Waals surface area contributed by atoms with Crippen LogP contribution < -0.4 is 0 Å². The number of aliphatic hydroxyl groups is 1. The summed E-state index contributed by atoms with van der Waals surface area (Å²) >= 11 is 5.96. The molecule has 0 aliphatic carbocycles. The van der Waals surface area contributed by atoms with Crippen molar-refractivity contribution in [3.63, 3.8) is 0 Å². The number of amides is 1. The number of rotatable bonds is 5. The SMILES string of the molecule is O=C(OCc1ccccc1)N1CC(N2CCN(Cc3ccc(Cl)cc3)CC2)[C@H](O)C1. The number of nitrogens with zero attached hydrogens (tertiary/aromatic N) is 3. The van der Waals surface area contributed by atoms with E-state index in [0.717, 1.165) is 43.3 Å². The lowest BCUT2D eigenvalue weighted by molar-refractivity contribution is 0.0423. The summed E-state index contributed by atoms with van der Waals surface area (Å²) in [6.07, 6.45) is -0.904. The van der Waals surface area contributed by atoms with E-state index < -0.39 is 6.10 Å². The third kappa shape index (κ3) is 5.32. The topological polar surface area (TPSA) is 56.2 Å². The molecular formula is C23H28ClN3O3. The van der Waals surface area contributed by atoms with Crippen molar-refractivity contribution >= 4 is 17.7 Å². The van der Waals surface area contributed by atoms with E-state index in [-0.39, 0.29) is 18.7 Å². The number of likely N-dealkylation sites (tertiary alicyclic amines) is 1. The van der Waals surface area contributed by atoms with Crippen LogP contribution in [0, 0.1) is 0 Å². The van der Waals surface area contributed by atoms with Crippen LogP contribution >= 0.6 is 11.6 Å². The maximum absolute atomic E-state index is 12.4. The summed E-state index contributed by atoms with van der Waals surface area (Å²) in [5.74, 6) is 0. The molecule has 160 valence electrons. The van der Waals surface area contributed by atoms with Crippen molar-refractivity contribution in [1.82, 2.24) is 14.7 Å². The molecule has 2 aromatic rings. The predicted octanol–water partition coefficient (Wildman–Crippen LogP) is 2.84. The molecular weight excluding hydrogens is 402 g/mol. The lowest BCUT2D eigenvalue weighted by Gasteiger charge is -2.38. The molecule has 7 heteroatoms. The Balaban J connectivity index is 1.24. The summed E-state index contributed by atoms with van der Waals surface area (Å²) in [6, 6.07) is 17.6. The van der Waals surface area contributed by atoms with Gasteiger partial charge in [-0.3, -0.25) is 9.80 Å². The van der Waals surface area contributed by atoms with Crippen molar-refractivity contribution in [2.24, 2.45) is 0 Å². The van der Waals surface area contributed by atoms with Gasteiger partial charge in [-0.1, -0.05) is 54.1 Å². The number of aliphatic hydroxyl groups excluding tert-OH is 1. The van der Waals surface area contributed by atoms with Gasteiger partial charge in [-0.15, -0.1) is 0 Å². The van der Waals surface area contributed by atoms with Gasteiger partial charge in [0.05, 0.1) is 18.7 Å². The minimum absolute atomic E-state index is 0.0352. The number of carbonyl (C=O) groups excluding carboxylic acids is 1.